The van der Waals surface area contributed by atoms with Crippen molar-refractivity contribution in [3.8, 4) is 0 Å². The van der Waals surface area contributed by atoms with E-state index in [0.717, 1.165) is 55.6 Å². The van der Waals surface area contributed by atoms with Crippen LogP contribution in [0.3, 0.4) is 0 Å². The molecule has 1 aliphatic carbocycles. The quantitative estimate of drug-likeness (QED) is 0.571. The Labute approximate surface area is 179 Å². The zero-order valence-corrected chi connectivity index (χ0v) is 20.0. The van der Waals surface area contributed by atoms with Crippen LogP contribution in [0, 0.1) is 6.92 Å². The number of hydrogen-bond acceptors (Lipinski definition) is 3. The van der Waals surface area contributed by atoms with E-state index in [1.54, 1.807) is 0 Å². The molecule has 2 aliphatic rings. The summed E-state index contributed by atoms with van der Waals surface area (Å²) in [5.74, 6) is -0.384. The van der Waals surface area contributed by atoms with Crippen LogP contribution >= 0.6 is 0 Å². The van der Waals surface area contributed by atoms with Crippen LogP contribution in [0.1, 0.15) is 94.6 Å². The van der Waals surface area contributed by atoms with Gasteiger partial charge in [0.15, 0.2) is 0 Å². The van der Waals surface area contributed by atoms with Crippen molar-refractivity contribution in [3.63, 3.8) is 0 Å². The molecule has 0 saturated carbocycles. The van der Waals surface area contributed by atoms with Gasteiger partial charge in [-0.1, -0.05) is 53.7 Å². The SMILES string of the molecule is CC.CC.CC.Cc1c(C(=O)O)cc(C2CNC2)cc1N(C)C1CCC=CCC1. The summed E-state index contributed by atoms with van der Waals surface area (Å²) in [7, 11) is 2.12. The van der Waals surface area contributed by atoms with E-state index in [1.165, 1.54) is 0 Å². The minimum absolute atomic E-state index is 0.441. The number of allylic oxidation sites excluding steroid dienone is 2. The normalized spacial score (nSPS) is 15.9. The van der Waals surface area contributed by atoms with Gasteiger partial charge in [-0.25, -0.2) is 4.79 Å². The fourth-order valence-corrected chi connectivity index (χ4v) is 3.61. The molecule has 1 aromatic rings. The van der Waals surface area contributed by atoms with Gasteiger partial charge in [0, 0.05) is 37.8 Å². The predicted octanol–water partition coefficient (Wildman–Crippen LogP) is 6.39. The number of rotatable bonds is 4. The van der Waals surface area contributed by atoms with Gasteiger partial charge in [0.2, 0.25) is 0 Å². The van der Waals surface area contributed by atoms with Crippen molar-refractivity contribution in [2.45, 2.75) is 86.1 Å². The lowest BCUT2D eigenvalue weighted by Crippen LogP contribution is -2.40. The van der Waals surface area contributed by atoms with Gasteiger partial charge in [0.05, 0.1) is 5.56 Å². The third-order valence-electron chi connectivity index (χ3n) is 5.31. The second-order valence-electron chi connectivity index (χ2n) is 6.76. The Morgan fingerprint density at radius 1 is 1.00 bits per heavy atom. The predicted molar refractivity (Wildman–Crippen MR) is 128 cm³/mol. The van der Waals surface area contributed by atoms with E-state index in [2.05, 4.69) is 35.5 Å². The highest BCUT2D eigenvalue weighted by Gasteiger charge is 2.25. The monoisotopic (exact) mass is 404 g/mol. The van der Waals surface area contributed by atoms with Crippen molar-refractivity contribution in [1.29, 1.82) is 0 Å². The molecule has 0 bridgehead atoms. The number of nitrogens with zero attached hydrogens (tertiary/aromatic N) is 1. The first kappa shape index (κ1) is 27.2. The molecule has 4 nitrogen and oxygen atoms in total. The minimum Gasteiger partial charge on any atom is -0.478 e. The van der Waals surface area contributed by atoms with Crippen LogP contribution in [0.15, 0.2) is 24.3 Å². The molecular formula is C25H44N2O2. The minimum atomic E-state index is -0.825. The molecule has 29 heavy (non-hydrogen) atoms. The highest BCUT2D eigenvalue weighted by Crippen LogP contribution is 2.33. The molecule has 2 N–H and O–H groups in total. The Balaban J connectivity index is 0.00000120. The number of nitrogens with one attached hydrogen (secondary N) is 1. The van der Waals surface area contributed by atoms with Crippen LogP contribution in [0.4, 0.5) is 5.69 Å². The Hall–Kier alpha value is -1.81. The average molecular weight is 405 g/mol. The van der Waals surface area contributed by atoms with E-state index in [1.807, 2.05) is 54.5 Å². The number of anilines is 1. The Morgan fingerprint density at radius 2 is 1.52 bits per heavy atom. The van der Waals surface area contributed by atoms with Gasteiger partial charge in [-0.05, 0) is 55.9 Å². The second kappa shape index (κ2) is 15.1. The zero-order chi connectivity index (χ0) is 22.4. The molecule has 166 valence electrons. The van der Waals surface area contributed by atoms with Gasteiger partial charge >= 0.3 is 5.97 Å². The first-order valence-electron chi connectivity index (χ1n) is 11.5. The molecule has 0 aromatic heterocycles. The van der Waals surface area contributed by atoms with E-state index in [-0.39, 0.29) is 0 Å². The number of benzene rings is 1. The summed E-state index contributed by atoms with van der Waals surface area (Å²) >= 11 is 0. The topological polar surface area (TPSA) is 52.6 Å². The lowest BCUT2D eigenvalue weighted by molar-refractivity contribution is 0.0696. The van der Waals surface area contributed by atoms with Crippen LogP contribution in [-0.2, 0) is 0 Å². The van der Waals surface area contributed by atoms with Crippen LogP contribution in [-0.4, -0.2) is 37.3 Å². The van der Waals surface area contributed by atoms with E-state index in [0.29, 0.717) is 17.5 Å². The molecule has 1 heterocycles. The number of carbonyl (C=O) groups is 1. The number of hydrogen-bond donors (Lipinski definition) is 2. The van der Waals surface area contributed by atoms with Gasteiger partial charge in [0.1, 0.15) is 0 Å². The molecule has 0 unspecified atom stereocenters. The molecule has 1 saturated heterocycles. The summed E-state index contributed by atoms with van der Waals surface area (Å²) in [6, 6.07) is 4.56. The van der Waals surface area contributed by atoms with E-state index >= 15 is 0 Å². The highest BCUT2D eigenvalue weighted by atomic mass is 16.4. The van der Waals surface area contributed by atoms with Gasteiger partial charge in [0.25, 0.3) is 0 Å². The number of carboxylic acid groups (broad SMARTS) is 1. The van der Waals surface area contributed by atoms with Crippen molar-refractivity contribution in [1.82, 2.24) is 5.32 Å². The van der Waals surface area contributed by atoms with Crippen molar-refractivity contribution in [2.75, 3.05) is 25.0 Å². The first-order valence-corrected chi connectivity index (χ1v) is 11.5. The second-order valence-corrected chi connectivity index (χ2v) is 6.76. The van der Waals surface area contributed by atoms with Crippen molar-refractivity contribution in [3.05, 3.63) is 41.0 Å². The molecule has 4 heteroatoms. The maximum absolute atomic E-state index is 11.7. The maximum Gasteiger partial charge on any atom is 0.336 e. The molecular weight excluding hydrogens is 360 g/mol. The van der Waals surface area contributed by atoms with Gasteiger partial charge in [-0.15, -0.1) is 0 Å². The summed E-state index contributed by atoms with van der Waals surface area (Å²) in [5, 5.41) is 12.9. The van der Waals surface area contributed by atoms with Crippen LogP contribution < -0.4 is 10.2 Å². The standard InChI is InChI=1S/C19H26N2O2.3C2H6/c1-13-17(19(22)23)9-14(15-11-20-12-15)10-18(13)21(2)16-7-5-3-4-6-8-16;3*1-2/h3-4,9-10,15-16,20H,5-8,11-12H2,1-2H3,(H,22,23);3*1-2H3. The summed E-state index contributed by atoms with van der Waals surface area (Å²) in [4.78, 5) is 14.0. The summed E-state index contributed by atoms with van der Waals surface area (Å²) < 4.78 is 0. The average Bonchev–Trinajstić information content (AvgIpc) is 3.01. The van der Waals surface area contributed by atoms with E-state index in [9.17, 15) is 9.90 Å². The van der Waals surface area contributed by atoms with Gasteiger partial charge < -0.3 is 15.3 Å². The third kappa shape index (κ3) is 7.50. The lowest BCUT2D eigenvalue weighted by atomic mass is 9.89. The first-order chi connectivity index (χ1) is 14.1. The summed E-state index contributed by atoms with van der Waals surface area (Å²) in [6.45, 7) is 15.8. The van der Waals surface area contributed by atoms with Crippen LogP contribution in [0.25, 0.3) is 0 Å². The molecule has 3 rings (SSSR count). The maximum atomic E-state index is 11.7. The molecule has 0 radical (unpaired) electrons. The smallest absolute Gasteiger partial charge is 0.336 e. The Morgan fingerprint density at radius 3 is 1.93 bits per heavy atom. The highest BCUT2D eigenvalue weighted by molar-refractivity contribution is 5.91. The van der Waals surface area contributed by atoms with Gasteiger partial charge in [-0.2, -0.15) is 0 Å². The van der Waals surface area contributed by atoms with Crippen molar-refractivity contribution >= 4 is 11.7 Å². The molecule has 0 amide bonds. The summed E-state index contributed by atoms with van der Waals surface area (Å²) in [6.07, 6.45) is 8.99. The fourth-order valence-electron chi connectivity index (χ4n) is 3.61. The fraction of sp³-hybridized carbons (Fsp3) is 0.640. The van der Waals surface area contributed by atoms with Crippen molar-refractivity contribution in [2.24, 2.45) is 0 Å². The molecule has 0 atom stereocenters. The van der Waals surface area contributed by atoms with Crippen LogP contribution in [0.5, 0.6) is 0 Å². The van der Waals surface area contributed by atoms with Crippen molar-refractivity contribution < 1.29 is 9.90 Å². The molecule has 1 aromatic carbocycles. The Bertz CT molecular complexity index is 611. The molecule has 1 fully saturated rings. The third-order valence-corrected chi connectivity index (χ3v) is 5.31. The largest absolute Gasteiger partial charge is 0.478 e. The zero-order valence-electron chi connectivity index (χ0n) is 20.0. The number of carboxylic acids is 1. The lowest BCUT2D eigenvalue weighted by Gasteiger charge is -2.34. The molecule has 0 spiro atoms. The Kier molecular flexibility index (Phi) is 14.1. The molecule has 1 aliphatic heterocycles. The van der Waals surface area contributed by atoms with Crippen LogP contribution in [0.2, 0.25) is 0 Å². The number of aromatic carboxylic acids is 1. The van der Waals surface area contributed by atoms with E-state index < -0.39 is 5.97 Å². The van der Waals surface area contributed by atoms with E-state index in [4.69, 9.17) is 0 Å². The summed E-state index contributed by atoms with van der Waals surface area (Å²) in [5.41, 5.74) is 3.57. The van der Waals surface area contributed by atoms with Gasteiger partial charge in [-0.3, -0.25) is 0 Å².